The Hall–Kier alpha value is -3.08. The molecule has 0 spiro atoms. The minimum absolute atomic E-state index is 0.0386. The van der Waals surface area contributed by atoms with Crippen molar-refractivity contribution in [1.82, 2.24) is 4.90 Å². The van der Waals surface area contributed by atoms with E-state index >= 15 is 0 Å². The van der Waals surface area contributed by atoms with E-state index in [4.69, 9.17) is 4.42 Å². The Morgan fingerprint density at radius 2 is 1.86 bits per heavy atom. The van der Waals surface area contributed by atoms with E-state index in [2.05, 4.69) is 72.4 Å². The molecule has 1 aliphatic heterocycles. The normalized spacial score (nSPS) is 17.9. The monoisotopic (exact) mass is 374 g/mol. The fourth-order valence-electron chi connectivity index (χ4n) is 4.24. The number of para-hydroxylation sites is 1. The van der Waals surface area contributed by atoms with Gasteiger partial charge in [0.1, 0.15) is 11.7 Å². The SMILES string of the molecule is C=NC1=C(/N=C\C)N(C(C)C)[C@H](C)N1c1c(C)ccc2c1oc1ccccc12. The predicted molar refractivity (Wildman–Crippen MR) is 118 cm³/mol. The average Bonchev–Trinajstić information content (AvgIpc) is 3.17. The van der Waals surface area contributed by atoms with Crippen LogP contribution >= 0.6 is 0 Å². The third kappa shape index (κ3) is 2.53. The average molecular weight is 374 g/mol. The number of furan rings is 1. The first-order valence-corrected chi connectivity index (χ1v) is 9.67. The first kappa shape index (κ1) is 18.3. The van der Waals surface area contributed by atoms with Crippen LogP contribution in [0.15, 0.2) is 62.4 Å². The second-order valence-corrected chi connectivity index (χ2v) is 7.40. The van der Waals surface area contributed by atoms with Gasteiger partial charge in [-0.15, -0.1) is 0 Å². The zero-order chi connectivity index (χ0) is 20.0. The maximum absolute atomic E-state index is 6.33. The summed E-state index contributed by atoms with van der Waals surface area (Å²) in [5, 5.41) is 2.23. The second-order valence-electron chi connectivity index (χ2n) is 7.40. The molecule has 0 saturated heterocycles. The Balaban J connectivity index is 2.03. The topological polar surface area (TPSA) is 44.3 Å². The number of aryl methyl sites for hydroxylation is 1. The highest BCUT2D eigenvalue weighted by molar-refractivity contribution is 6.09. The number of hydrogen-bond donors (Lipinski definition) is 0. The zero-order valence-corrected chi connectivity index (χ0v) is 17.1. The molecule has 0 unspecified atom stereocenters. The van der Waals surface area contributed by atoms with Crippen molar-refractivity contribution >= 4 is 40.6 Å². The highest BCUT2D eigenvalue weighted by atomic mass is 16.3. The van der Waals surface area contributed by atoms with Crippen molar-refractivity contribution in [3.8, 4) is 0 Å². The highest BCUT2D eigenvalue weighted by Crippen LogP contribution is 2.43. The molecule has 0 fully saturated rings. The van der Waals surface area contributed by atoms with Crippen LogP contribution in [0, 0.1) is 6.92 Å². The summed E-state index contributed by atoms with van der Waals surface area (Å²) in [6.45, 7) is 14.4. The molecular weight excluding hydrogens is 348 g/mol. The van der Waals surface area contributed by atoms with E-state index in [9.17, 15) is 0 Å². The van der Waals surface area contributed by atoms with Crippen LogP contribution in [0.5, 0.6) is 0 Å². The van der Waals surface area contributed by atoms with E-state index in [1.165, 1.54) is 0 Å². The minimum Gasteiger partial charge on any atom is -0.454 e. The Morgan fingerprint density at radius 1 is 1.11 bits per heavy atom. The van der Waals surface area contributed by atoms with Crippen LogP contribution in [0.25, 0.3) is 21.9 Å². The largest absolute Gasteiger partial charge is 0.454 e. The lowest BCUT2D eigenvalue weighted by Crippen LogP contribution is -2.41. The first-order chi connectivity index (χ1) is 13.5. The van der Waals surface area contributed by atoms with E-state index in [0.717, 1.165) is 44.8 Å². The molecule has 0 bridgehead atoms. The molecule has 5 nitrogen and oxygen atoms in total. The van der Waals surface area contributed by atoms with Gasteiger partial charge in [0.05, 0.1) is 5.69 Å². The van der Waals surface area contributed by atoms with Crippen molar-refractivity contribution < 1.29 is 4.42 Å². The number of benzene rings is 2. The molecule has 144 valence electrons. The summed E-state index contributed by atoms with van der Waals surface area (Å²) in [7, 11) is 0. The molecule has 0 saturated carbocycles. The quantitative estimate of drug-likeness (QED) is 0.551. The molecule has 1 aromatic heterocycles. The number of fused-ring (bicyclic) bond motifs is 3. The van der Waals surface area contributed by atoms with Crippen LogP contribution < -0.4 is 4.90 Å². The fraction of sp³-hybridized carbons (Fsp3) is 0.304. The minimum atomic E-state index is 0.0386. The number of hydrogen-bond acceptors (Lipinski definition) is 5. The molecule has 2 heterocycles. The molecule has 0 radical (unpaired) electrons. The molecule has 0 aliphatic carbocycles. The van der Waals surface area contributed by atoms with Crippen molar-refractivity contribution in [3.05, 3.63) is 53.6 Å². The van der Waals surface area contributed by atoms with Crippen LogP contribution in [-0.4, -0.2) is 30.0 Å². The van der Waals surface area contributed by atoms with Gasteiger partial charge in [-0.25, -0.2) is 9.98 Å². The van der Waals surface area contributed by atoms with Crippen LogP contribution in [0.2, 0.25) is 0 Å². The van der Waals surface area contributed by atoms with Crippen molar-refractivity contribution in [3.63, 3.8) is 0 Å². The van der Waals surface area contributed by atoms with E-state index in [1.54, 1.807) is 6.21 Å². The van der Waals surface area contributed by atoms with E-state index in [-0.39, 0.29) is 12.2 Å². The Labute approximate surface area is 165 Å². The fourth-order valence-corrected chi connectivity index (χ4v) is 4.24. The molecule has 1 aliphatic rings. The standard InChI is InChI=1S/C23H26N4O/c1-7-25-23-22(24-6)27(16(5)26(23)14(2)3)20-15(4)12-13-18-17-10-8-9-11-19(17)28-21(18)20/h7-14,16H,6H2,1-5H3/b25-7-/t16-/m0/s1. The lowest BCUT2D eigenvalue weighted by atomic mass is 10.1. The molecule has 4 rings (SSSR count). The Morgan fingerprint density at radius 3 is 2.54 bits per heavy atom. The van der Waals surface area contributed by atoms with E-state index in [1.807, 2.05) is 25.1 Å². The van der Waals surface area contributed by atoms with Gasteiger partial charge in [-0.05, 0) is 53.0 Å². The van der Waals surface area contributed by atoms with Gasteiger partial charge in [0.15, 0.2) is 17.2 Å². The van der Waals surface area contributed by atoms with Gasteiger partial charge in [-0.3, -0.25) is 4.90 Å². The maximum Gasteiger partial charge on any atom is 0.177 e. The Kier molecular flexibility index (Phi) is 4.46. The maximum atomic E-state index is 6.33. The lowest BCUT2D eigenvalue weighted by molar-refractivity contribution is 0.240. The summed E-state index contributed by atoms with van der Waals surface area (Å²) in [6, 6.07) is 12.7. The summed E-state index contributed by atoms with van der Waals surface area (Å²) in [5.41, 5.74) is 3.92. The van der Waals surface area contributed by atoms with Gasteiger partial charge in [0.2, 0.25) is 0 Å². The van der Waals surface area contributed by atoms with Crippen molar-refractivity contribution in [2.24, 2.45) is 9.98 Å². The molecule has 0 amide bonds. The van der Waals surface area contributed by atoms with Gasteiger partial charge in [-0.1, -0.05) is 30.3 Å². The second kappa shape index (κ2) is 6.82. The van der Waals surface area contributed by atoms with Crippen LogP contribution in [0.1, 0.15) is 33.3 Å². The van der Waals surface area contributed by atoms with Crippen LogP contribution in [-0.2, 0) is 0 Å². The van der Waals surface area contributed by atoms with Crippen molar-refractivity contribution in [2.75, 3.05) is 4.90 Å². The summed E-state index contributed by atoms with van der Waals surface area (Å²) in [6.07, 6.45) is 1.84. The first-order valence-electron chi connectivity index (χ1n) is 9.67. The molecule has 0 N–H and O–H groups in total. The molecular formula is C23H26N4O. The molecule has 1 atom stereocenters. The van der Waals surface area contributed by atoms with Crippen molar-refractivity contribution in [2.45, 2.75) is 46.8 Å². The van der Waals surface area contributed by atoms with E-state index < -0.39 is 0 Å². The third-order valence-electron chi connectivity index (χ3n) is 5.37. The van der Waals surface area contributed by atoms with Gasteiger partial charge >= 0.3 is 0 Å². The summed E-state index contributed by atoms with van der Waals surface area (Å²) in [4.78, 5) is 13.5. The van der Waals surface area contributed by atoms with Crippen molar-refractivity contribution in [1.29, 1.82) is 0 Å². The van der Waals surface area contributed by atoms with Gasteiger partial charge in [-0.2, -0.15) is 0 Å². The van der Waals surface area contributed by atoms with E-state index in [0.29, 0.717) is 0 Å². The summed E-state index contributed by atoms with van der Waals surface area (Å²) >= 11 is 0. The number of nitrogens with zero attached hydrogens (tertiary/aromatic N) is 4. The summed E-state index contributed by atoms with van der Waals surface area (Å²) < 4.78 is 6.33. The van der Waals surface area contributed by atoms with Gasteiger partial charge in [0.25, 0.3) is 0 Å². The Bertz CT molecular complexity index is 1120. The molecule has 2 aromatic carbocycles. The zero-order valence-electron chi connectivity index (χ0n) is 17.1. The lowest BCUT2D eigenvalue weighted by Gasteiger charge is -2.34. The molecule has 28 heavy (non-hydrogen) atoms. The van der Waals surface area contributed by atoms with Gasteiger partial charge in [0, 0.05) is 23.0 Å². The molecule has 3 aromatic rings. The third-order valence-corrected chi connectivity index (χ3v) is 5.37. The van der Waals surface area contributed by atoms with Crippen LogP contribution in [0.3, 0.4) is 0 Å². The number of anilines is 1. The number of aliphatic imine (C=N–C) groups is 2. The molecule has 5 heteroatoms. The summed E-state index contributed by atoms with van der Waals surface area (Å²) in [5.74, 6) is 1.60. The number of rotatable bonds is 4. The highest BCUT2D eigenvalue weighted by Gasteiger charge is 2.39. The van der Waals surface area contributed by atoms with Gasteiger partial charge < -0.3 is 9.32 Å². The predicted octanol–water partition coefficient (Wildman–Crippen LogP) is 5.69. The smallest absolute Gasteiger partial charge is 0.177 e. The van der Waals surface area contributed by atoms with Crippen LogP contribution in [0.4, 0.5) is 5.69 Å².